The van der Waals surface area contributed by atoms with Gasteiger partial charge in [0.15, 0.2) is 0 Å². The first-order valence-electron chi connectivity index (χ1n) is 5.16. The van der Waals surface area contributed by atoms with Crippen LogP contribution in [0.2, 0.25) is 0 Å². The zero-order valence-corrected chi connectivity index (χ0v) is 8.81. The molecule has 0 radical (unpaired) electrons. The van der Waals surface area contributed by atoms with E-state index in [4.69, 9.17) is 0 Å². The largest absolute Gasteiger partial charge is 0.507 e. The number of aromatic nitrogens is 2. The van der Waals surface area contributed by atoms with Crippen LogP contribution in [-0.4, -0.2) is 15.1 Å². The summed E-state index contributed by atoms with van der Waals surface area (Å²) in [6, 6.07) is 9.35. The molecule has 0 saturated heterocycles. The van der Waals surface area contributed by atoms with Crippen LogP contribution in [0.15, 0.2) is 42.7 Å². The molecular weight excluding hydrogens is 219 g/mol. The maximum Gasteiger partial charge on any atom is 0.124 e. The van der Waals surface area contributed by atoms with Gasteiger partial charge in [0.25, 0.3) is 0 Å². The highest BCUT2D eigenvalue weighted by Gasteiger charge is 2.07. The molecule has 0 saturated carbocycles. The summed E-state index contributed by atoms with van der Waals surface area (Å²) >= 11 is 0. The first-order chi connectivity index (χ1) is 8.24. The second-order valence-electron chi connectivity index (χ2n) is 3.80. The molecule has 1 heterocycles. The van der Waals surface area contributed by atoms with Crippen molar-refractivity contribution >= 4 is 11.0 Å². The third-order valence-corrected chi connectivity index (χ3v) is 2.69. The number of aromatic hydroxyl groups is 1. The Hall–Kier alpha value is -2.36. The summed E-state index contributed by atoms with van der Waals surface area (Å²) in [5, 5.41) is 9.72. The van der Waals surface area contributed by atoms with Crippen LogP contribution in [0.4, 0.5) is 4.39 Å². The maximum absolute atomic E-state index is 13.2. The molecule has 3 nitrogen and oxygen atoms in total. The molecule has 0 bridgehead atoms. The fourth-order valence-corrected chi connectivity index (χ4v) is 1.84. The summed E-state index contributed by atoms with van der Waals surface area (Å²) < 4.78 is 13.2. The summed E-state index contributed by atoms with van der Waals surface area (Å²) in [7, 11) is 0. The third-order valence-electron chi connectivity index (χ3n) is 2.69. The SMILES string of the molecule is Oc1ccc(F)cc1-c1ccc2[nH]cnc2c1. The lowest BCUT2D eigenvalue weighted by molar-refractivity contribution is 0.475. The smallest absolute Gasteiger partial charge is 0.124 e. The van der Waals surface area contributed by atoms with E-state index in [0.717, 1.165) is 16.6 Å². The number of nitrogens with one attached hydrogen (secondary N) is 1. The molecule has 0 aliphatic heterocycles. The third kappa shape index (κ3) is 1.63. The van der Waals surface area contributed by atoms with Crippen molar-refractivity contribution in [3.63, 3.8) is 0 Å². The van der Waals surface area contributed by atoms with Gasteiger partial charge < -0.3 is 10.1 Å². The van der Waals surface area contributed by atoms with Gasteiger partial charge in [0.2, 0.25) is 0 Å². The van der Waals surface area contributed by atoms with Gasteiger partial charge in [-0.25, -0.2) is 9.37 Å². The highest BCUT2D eigenvalue weighted by Crippen LogP contribution is 2.31. The standard InChI is InChI=1S/C13H9FN2O/c14-9-2-4-13(17)10(6-9)8-1-3-11-12(5-8)16-7-15-11/h1-7,17H,(H,15,16). The van der Waals surface area contributed by atoms with E-state index < -0.39 is 0 Å². The second-order valence-corrected chi connectivity index (χ2v) is 3.80. The Morgan fingerprint density at radius 3 is 2.88 bits per heavy atom. The van der Waals surface area contributed by atoms with Crippen molar-refractivity contribution in [1.82, 2.24) is 9.97 Å². The topological polar surface area (TPSA) is 48.9 Å². The summed E-state index contributed by atoms with van der Waals surface area (Å²) in [5.74, 6) is -0.318. The van der Waals surface area contributed by atoms with Crippen LogP contribution >= 0.6 is 0 Å². The van der Waals surface area contributed by atoms with E-state index in [-0.39, 0.29) is 11.6 Å². The molecule has 3 rings (SSSR count). The first kappa shape index (κ1) is 9.84. The minimum atomic E-state index is -0.375. The minimum absolute atomic E-state index is 0.0567. The van der Waals surface area contributed by atoms with E-state index in [0.29, 0.717) is 5.56 Å². The number of hydrogen-bond acceptors (Lipinski definition) is 2. The van der Waals surface area contributed by atoms with Crippen LogP contribution in [-0.2, 0) is 0 Å². The Labute approximate surface area is 96.6 Å². The van der Waals surface area contributed by atoms with Crippen molar-refractivity contribution in [1.29, 1.82) is 0 Å². The Morgan fingerprint density at radius 2 is 2.00 bits per heavy atom. The van der Waals surface area contributed by atoms with E-state index >= 15 is 0 Å². The van der Waals surface area contributed by atoms with Crippen molar-refractivity contribution in [2.24, 2.45) is 0 Å². The molecular formula is C13H9FN2O. The molecule has 2 aromatic carbocycles. The van der Waals surface area contributed by atoms with Gasteiger partial charge >= 0.3 is 0 Å². The van der Waals surface area contributed by atoms with Crippen LogP contribution in [0.25, 0.3) is 22.2 Å². The van der Waals surface area contributed by atoms with Crippen molar-refractivity contribution in [3.8, 4) is 16.9 Å². The second kappa shape index (κ2) is 3.59. The van der Waals surface area contributed by atoms with Crippen LogP contribution in [0.5, 0.6) is 5.75 Å². The van der Waals surface area contributed by atoms with Gasteiger partial charge in [0.05, 0.1) is 17.4 Å². The average molecular weight is 228 g/mol. The molecule has 2 N–H and O–H groups in total. The lowest BCUT2D eigenvalue weighted by Crippen LogP contribution is -1.82. The molecule has 0 aliphatic rings. The van der Waals surface area contributed by atoms with Gasteiger partial charge in [0.1, 0.15) is 11.6 Å². The molecule has 0 unspecified atom stereocenters. The number of phenolic OH excluding ortho intramolecular Hbond substituents is 1. The number of rotatable bonds is 1. The quantitative estimate of drug-likeness (QED) is 0.672. The minimum Gasteiger partial charge on any atom is -0.507 e. The Balaban J connectivity index is 2.22. The number of benzene rings is 2. The van der Waals surface area contributed by atoms with Crippen molar-refractivity contribution in [3.05, 3.63) is 48.5 Å². The molecule has 17 heavy (non-hydrogen) atoms. The molecule has 3 aromatic rings. The highest BCUT2D eigenvalue weighted by atomic mass is 19.1. The zero-order valence-electron chi connectivity index (χ0n) is 8.81. The number of fused-ring (bicyclic) bond motifs is 1. The summed E-state index contributed by atoms with van der Waals surface area (Å²) in [4.78, 5) is 7.10. The van der Waals surface area contributed by atoms with Gasteiger partial charge in [-0.05, 0) is 35.9 Å². The first-order valence-corrected chi connectivity index (χ1v) is 5.16. The number of nitrogens with zero attached hydrogens (tertiary/aromatic N) is 1. The number of H-pyrrole nitrogens is 1. The molecule has 0 fully saturated rings. The molecule has 0 aliphatic carbocycles. The Kier molecular flexibility index (Phi) is 2.08. The van der Waals surface area contributed by atoms with Gasteiger partial charge in [-0.15, -0.1) is 0 Å². The lowest BCUT2D eigenvalue weighted by atomic mass is 10.0. The predicted molar refractivity (Wildman–Crippen MR) is 63.2 cm³/mol. The number of hydrogen-bond donors (Lipinski definition) is 2. The van der Waals surface area contributed by atoms with Gasteiger partial charge in [0, 0.05) is 5.56 Å². The molecule has 84 valence electrons. The molecule has 0 spiro atoms. The van der Waals surface area contributed by atoms with E-state index in [2.05, 4.69) is 9.97 Å². The molecule has 1 aromatic heterocycles. The van der Waals surface area contributed by atoms with Crippen molar-refractivity contribution in [2.75, 3.05) is 0 Å². The van der Waals surface area contributed by atoms with E-state index in [9.17, 15) is 9.50 Å². The van der Waals surface area contributed by atoms with Gasteiger partial charge in [-0.1, -0.05) is 6.07 Å². The summed E-state index contributed by atoms with van der Waals surface area (Å²) in [6.45, 7) is 0. The van der Waals surface area contributed by atoms with E-state index in [1.54, 1.807) is 12.4 Å². The van der Waals surface area contributed by atoms with Crippen LogP contribution in [0, 0.1) is 5.82 Å². The average Bonchev–Trinajstić information content (AvgIpc) is 2.79. The lowest BCUT2D eigenvalue weighted by Gasteiger charge is -2.04. The Morgan fingerprint density at radius 1 is 1.12 bits per heavy atom. The van der Waals surface area contributed by atoms with Crippen molar-refractivity contribution in [2.45, 2.75) is 0 Å². The number of aromatic amines is 1. The highest BCUT2D eigenvalue weighted by molar-refractivity contribution is 5.83. The predicted octanol–water partition coefficient (Wildman–Crippen LogP) is 3.07. The Bertz CT molecular complexity index is 691. The molecule has 0 atom stereocenters. The van der Waals surface area contributed by atoms with Crippen LogP contribution < -0.4 is 0 Å². The zero-order chi connectivity index (χ0) is 11.8. The fourth-order valence-electron chi connectivity index (χ4n) is 1.84. The van der Waals surface area contributed by atoms with Crippen LogP contribution in [0.3, 0.4) is 0 Å². The molecule has 0 amide bonds. The van der Waals surface area contributed by atoms with Crippen LogP contribution in [0.1, 0.15) is 0 Å². The molecule has 4 heteroatoms. The number of halogens is 1. The number of phenols is 1. The normalized spacial score (nSPS) is 10.9. The van der Waals surface area contributed by atoms with E-state index in [1.165, 1.54) is 18.2 Å². The van der Waals surface area contributed by atoms with E-state index in [1.807, 2.05) is 12.1 Å². The monoisotopic (exact) mass is 228 g/mol. The summed E-state index contributed by atoms with van der Waals surface area (Å²) in [6.07, 6.45) is 1.60. The van der Waals surface area contributed by atoms with Gasteiger partial charge in [-0.3, -0.25) is 0 Å². The van der Waals surface area contributed by atoms with Gasteiger partial charge in [-0.2, -0.15) is 0 Å². The van der Waals surface area contributed by atoms with Crippen molar-refractivity contribution < 1.29 is 9.50 Å². The summed E-state index contributed by atoms with van der Waals surface area (Å²) in [5.41, 5.74) is 2.90. The fraction of sp³-hybridized carbons (Fsp3) is 0. The number of imidazole rings is 1. The maximum atomic E-state index is 13.2.